The van der Waals surface area contributed by atoms with E-state index in [9.17, 15) is 9.59 Å². The number of morpholine rings is 1. The standard InChI is InChI=1S/C17H24N2O3S/c1-12-11-22-13(2)9-19(12)16(20)14-5-3-7-18(10-14)17(21)15-6-4-8-23-15/h4,6,8,12-14H,3,5,7,9-11H2,1-2H3/t12-,13+,14-/m0/s1. The molecule has 23 heavy (non-hydrogen) atoms. The quantitative estimate of drug-likeness (QED) is 0.832. The zero-order valence-corrected chi connectivity index (χ0v) is 14.6. The second-order valence-corrected chi connectivity index (χ2v) is 7.50. The Bertz CT molecular complexity index is 560. The smallest absolute Gasteiger partial charge is 0.263 e. The van der Waals surface area contributed by atoms with Crippen molar-refractivity contribution in [2.24, 2.45) is 5.92 Å². The number of piperidine rings is 1. The summed E-state index contributed by atoms with van der Waals surface area (Å²) in [4.78, 5) is 30.0. The summed E-state index contributed by atoms with van der Waals surface area (Å²) >= 11 is 1.46. The third kappa shape index (κ3) is 3.58. The minimum absolute atomic E-state index is 0.0564. The van der Waals surface area contributed by atoms with Crippen LogP contribution in [0.25, 0.3) is 0 Å². The zero-order valence-electron chi connectivity index (χ0n) is 13.7. The molecule has 1 aromatic heterocycles. The van der Waals surface area contributed by atoms with Crippen molar-refractivity contribution in [3.05, 3.63) is 22.4 Å². The maximum atomic E-state index is 12.9. The van der Waals surface area contributed by atoms with Crippen LogP contribution in [0.3, 0.4) is 0 Å². The van der Waals surface area contributed by atoms with Crippen LogP contribution >= 0.6 is 11.3 Å². The molecule has 0 bridgehead atoms. The number of thiophene rings is 1. The highest BCUT2D eigenvalue weighted by Gasteiger charge is 2.35. The average Bonchev–Trinajstić information content (AvgIpc) is 3.10. The van der Waals surface area contributed by atoms with Crippen LogP contribution in [0.15, 0.2) is 17.5 Å². The molecule has 126 valence electrons. The monoisotopic (exact) mass is 336 g/mol. The van der Waals surface area contributed by atoms with Crippen molar-refractivity contribution in [2.45, 2.75) is 38.8 Å². The van der Waals surface area contributed by atoms with E-state index in [4.69, 9.17) is 4.74 Å². The fourth-order valence-electron chi connectivity index (χ4n) is 3.36. The number of carbonyl (C=O) groups excluding carboxylic acids is 2. The van der Waals surface area contributed by atoms with Gasteiger partial charge < -0.3 is 14.5 Å². The molecule has 0 saturated carbocycles. The Morgan fingerprint density at radius 3 is 2.87 bits per heavy atom. The number of carbonyl (C=O) groups is 2. The van der Waals surface area contributed by atoms with E-state index in [0.717, 1.165) is 24.3 Å². The summed E-state index contributed by atoms with van der Waals surface area (Å²) in [7, 11) is 0. The molecule has 2 saturated heterocycles. The summed E-state index contributed by atoms with van der Waals surface area (Å²) in [6, 6.07) is 3.85. The third-order valence-electron chi connectivity index (χ3n) is 4.68. The van der Waals surface area contributed by atoms with Gasteiger partial charge in [0, 0.05) is 19.6 Å². The first kappa shape index (κ1) is 16.5. The van der Waals surface area contributed by atoms with Gasteiger partial charge in [-0.2, -0.15) is 0 Å². The highest BCUT2D eigenvalue weighted by Crippen LogP contribution is 2.24. The maximum absolute atomic E-state index is 12.9. The van der Waals surface area contributed by atoms with Gasteiger partial charge in [0.15, 0.2) is 0 Å². The van der Waals surface area contributed by atoms with Gasteiger partial charge in [0.1, 0.15) is 0 Å². The Morgan fingerprint density at radius 2 is 2.13 bits per heavy atom. The number of hydrogen-bond donors (Lipinski definition) is 0. The van der Waals surface area contributed by atoms with E-state index >= 15 is 0 Å². The van der Waals surface area contributed by atoms with Gasteiger partial charge in [-0.1, -0.05) is 6.07 Å². The van der Waals surface area contributed by atoms with Gasteiger partial charge in [0.25, 0.3) is 5.91 Å². The summed E-state index contributed by atoms with van der Waals surface area (Å²) < 4.78 is 5.61. The Morgan fingerprint density at radius 1 is 1.30 bits per heavy atom. The summed E-state index contributed by atoms with van der Waals surface area (Å²) in [6.07, 6.45) is 1.84. The summed E-state index contributed by atoms with van der Waals surface area (Å²) in [5, 5.41) is 1.91. The molecule has 3 heterocycles. The number of hydrogen-bond acceptors (Lipinski definition) is 4. The van der Waals surface area contributed by atoms with Crippen molar-refractivity contribution in [2.75, 3.05) is 26.2 Å². The number of nitrogens with zero attached hydrogens (tertiary/aromatic N) is 2. The van der Waals surface area contributed by atoms with E-state index in [1.165, 1.54) is 11.3 Å². The summed E-state index contributed by atoms with van der Waals surface area (Å²) in [5.74, 6) is 0.151. The average molecular weight is 336 g/mol. The topological polar surface area (TPSA) is 49.9 Å². The van der Waals surface area contributed by atoms with Crippen LogP contribution in [0, 0.1) is 5.92 Å². The Hall–Kier alpha value is -1.40. The van der Waals surface area contributed by atoms with E-state index in [0.29, 0.717) is 19.7 Å². The van der Waals surface area contributed by atoms with Crippen LogP contribution in [-0.2, 0) is 9.53 Å². The molecule has 0 N–H and O–H groups in total. The third-order valence-corrected chi connectivity index (χ3v) is 5.54. The van der Waals surface area contributed by atoms with Crippen LogP contribution in [0.4, 0.5) is 0 Å². The molecule has 2 aliphatic heterocycles. The highest BCUT2D eigenvalue weighted by atomic mass is 32.1. The van der Waals surface area contributed by atoms with Crippen molar-refractivity contribution < 1.29 is 14.3 Å². The first-order chi connectivity index (χ1) is 11.1. The molecule has 5 nitrogen and oxygen atoms in total. The van der Waals surface area contributed by atoms with Gasteiger partial charge in [-0.15, -0.1) is 11.3 Å². The highest BCUT2D eigenvalue weighted by molar-refractivity contribution is 7.12. The molecular weight excluding hydrogens is 312 g/mol. The fourth-order valence-corrected chi connectivity index (χ4v) is 4.05. The maximum Gasteiger partial charge on any atom is 0.263 e. The van der Waals surface area contributed by atoms with Crippen LogP contribution in [-0.4, -0.2) is 60.0 Å². The van der Waals surface area contributed by atoms with Gasteiger partial charge in [-0.05, 0) is 38.1 Å². The minimum atomic E-state index is -0.0830. The Balaban J connectivity index is 1.66. The molecule has 3 atom stereocenters. The molecule has 0 unspecified atom stereocenters. The van der Waals surface area contributed by atoms with Gasteiger partial charge in [-0.3, -0.25) is 9.59 Å². The summed E-state index contributed by atoms with van der Waals surface area (Å²) in [5.41, 5.74) is 0. The van der Waals surface area contributed by atoms with Gasteiger partial charge in [-0.25, -0.2) is 0 Å². The van der Waals surface area contributed by atoms with Crippen LogP contribution in [0.1, 0.15) is 36.4 Å². The molecule has 2 amide bonds. The van der Waals surface area contributed by atoms with E-state index in [2.05, 4.69) is 0 Å². The number of ether oxygens (including phenoxy) is 1. The van der Waals surface area contributed by atoms with Crippen molar-refractivity contribution >= 4 is 23.2 Å². The van der Waals surface area contributed by atoms with Gasteiger partial charge >= 0.3 is 0 Å². The number of likely N-dealkylation sites (tertiary alicyclic amines) is 1. The molecule has 2 fully saturated rings. The lowest BCUT2D eigenvalue weighted by Crippen LogP contribution is -2.54. The lowest BCUT2D eigenvalue weighted by atomic mass is 9.95. The normalized spacial score (nSPS) is 28.7. The van der Waals surface area contributed by atoms with E-state index in [1.807, 2.05) is 41.2 Å². The molecule has 3 rings (SSSR count). The van der Waals surface area contributed by atoms with Crippen LogP contribution < -0.4 is 0 Å². The van der Waals surface area contributed by atoms with Gasteiger partial charge in [0.05, 0.1) is 29.5 Å². The molecule has 1 aromatic rings. The lowest BCUT2D eigenvalue weighted by Gasteiger charge is -2.41. The fraction of sp³-hybridized carbons (Fsp3) is 0.647. The summed E-state index contributed by atoms with van der Waals surface area (Å²) in [6.45, 7) is 6.55. The first-order valence-corrected chi connectivity index (χ1v) is 9.19. The van der Waals surface area contributed by atoms with E-state index < -0.39 is 0 Å². The minimum Gasteiger partial charge on any atom is -0.375 e. The van der Waals surface area contributed by atoms with Crippen molar-refractivity contribution in [1.82, 2.24) is 9.80 Å². The molecule has 0 spiro atoms. The largest absolute Gasteiger partial charge is 0.375 e. The van der Waals surface area contributed by atoms with E-state index in [1.54, 1.807) is 0 Å². The van der Waals surface area contributed by atoms with Crippen LogP contribution in [0.2, 0.25) is 0 Å². The van der Waals surface area contributed by atoms with E-state index in [-0.39, 0.29) is 29.9 Å². The number of amides is 2. The second-order valence-electron chi connectivity index (χ2n) is 6.55. The molecule has 0 aliphatic carbocycles. The second kappa shape index (κ2) is 7.01. The van der Waals surface area contributed by atoms with Crippen molar-refractivity contribution in [3.63, 3.8) is 0 Å². The van der Waals surface area contributed by atoms with Crippen molar-refractivity contribution in [1.29, 1.82) is 0 Å². The van der Waals surface area contributed by atoms with Crippen LogP contribution in [0.5, 0.6) is 0 Å². The van der Waals surface area contributed by atoms with Crippen molar-refractivity contribution in [3.8, 4) is 0 Å². The predicted octanol–water partition coefficient (Wildman–Crippen LogP) is 2.24. The molecule has 6 heteroatoms. The Kier molecular flexibility index (Phi) is 5.02. The molecule has 2 aliphatic rings. The molecule has 0 aromatic carbocycles. The number of rotatable bonds is 2. The first-order valence-electron chi connectivity index (χ1n) is 8.31. The molecule has 0 radical (unpaired) electrons. The zero-order chi connectivity index (χ0) is 16.4. The molecular formula is C17H24N2O3S. The lowest BCUT2D eigenvalue weighted by molar-refractivity contribution is -0.149. The van der Waals surface area contributed by atoms with Gasteiger partial charge in [0.2, 0.25) is 5.91 Å². The SMILES string of the molecule is C[C@@H]1CN(C(=O)[C@H]2CCCN(C(=O)c3cccs3)C2)[C@@H](C)CO1. The predicted molar refractivity (Wildman–Crippen MR) is 89.5 cm³/mol. The Labute approximate surface area is 141 Å².